The van der Waals surface area contributed by atoms with Gasteiger partial charge in [0.1, 0.15) is 11.3 Å². The topological polar surface area (TPSA) is 67.5 Å². The van der Waals surface area contributed by atoms with E-state index in [4.69, 9.17) is 9.52 Å². The second-order valence-corrected chi connectivity index (χ2v) is 6.91. The van der Waals surface area contributed by atoms with Gasteiger partial charge in [0.15, 0.2) is 5.43 Å². The fraction of sp³-hybridized carbons (Fsp3) is 0.0667. The molecule has 4 nitrogen and oxygen atoms in total. The lowest BCUT2D eigenvalue weighted by atomic mass is 10.1. The van der Waals surface area contributed by atoms with E-state index in [9.17, 15) is 9.59 Å². The summed E-state index contributed by atoms with van der Waals surface area (Å²) in [7, 11) is 0. The number of rotatable bonds is 3. The molecule has 0 saturated carbocycles. The zero-order valence-corrected chi connectivity index (χ0v) is 13.0. The fourth-order valence-corrected chi connectivity index (χ4v) is 3.44. The second kappa shape index (κ2) is 5.46. The molecule has 106 valence electrons. The van der Waals surface area contributed by atoms with Crippen molar-refractivity contribution in [2.24, 2.45) is 0 Å². The third kappa shape index (κ3) is 2.77. The van der Waals surface area contributed by atoms with Crippen LogP contribution in [0.5, 0.6) is 0 Å². The van der Waals surface area contributed by atoms with Crippen LogP contribution in [0.4, 0.5) is 0 Å². The van der Waals surface area contributed by atoms with Crippen molar-refractivity contribution in [2.45, 2.75) is 6.42 Å². The van der Waals surface area contributed by atoms with E-state index < -0.39 is 5.97 Å². The lowest BCUT2D eigenvalue weighted by molar-refractivity contribution is -0.136. The van der Waals surface area contributed by atoms with Crippen molar-refractivity contribution in [1.82, 2.24) is 0 Å². The van der Waals surface area contributed by atoms with Crippen LogP contribution in [0.1, 0.15) is 5.56 Å². The van der Waals surface area contributed by atoms with Gasteiger partial charge in [-0.15, -0.1) is 11.3 Å². The van der Waals surface area contributed by atoms with Gasteiger partial charge in [-0.3, -0.25) is 9.59 Å². The maximum Gasteiger partial charge on any atom is 0.307 e. The highest BCUT2D eigenvalue weighted by atomic mass is 79.9. The summed E-state index contributed by atoms with van der Waals surface area (Å²) < 4.78 is 6.73. The van der Waals surface area contributed by atoms with Crippen molar-refractivity contribution in [3.63, 3.8) is 0 Å². The Morgan fingerprint density at radius 3 is 2.76 bits per heavy atom. The van der Waals surface area contributed by atoms with E-state index >= 15 is 0 Å². The number of thiophene rings is 1. The van der Waals surface area contributed by atoms with Crippen LogP contribution in [0.25, 0.3) is 21.6 Å². The number of fused-ring (bicyclic) bond motifs is 1. The van der Waals surface area contributed by atoms with Crippen molar-refractivity contribution in [3.8, 4) is 10.6 Å². The fourth-order valence-electron chi connectivity index (χ4n) is 2.11. The molecule has 2 heterocycles. The Labute approximate surface area is 131 Å². The number of hydrogen-bond acceptors (Lipinski definition) is 4. The largest absolute Gasteiger partial charge is 0.481 e. The molecule has 0 saturated heterocycles. The second-order valence-electron chi connectivity index (χ2n) is 4.44. The Kier molecular flexibility index (Phi) is 3.65. The first-order valence-electron chi connectivity index (χ1n) is 6.08. The highest BCUT2D eigenvalue weighted by Gasteiger charge is 2.13. The summed E-state index contributed by atoms with van der Waals surface area (Å²) >= 11 is 4.81. The zero-order chi connectivity index (χ0) is 15.0. The van der Waals surface area contributed by atoms with Crippen LogP contribution < -0.4 is 5.43 Å². The molecule has 3 rings (SSSR count). The maximum absolute atomic E-state index is 12.2. The molecule has 0 aliphatic rings. The standard InChI is InChI=1S/C15H9BrO4S/c16-13-5-4-12(21-13)11-7-10(17)9-3-1-2-8(6-14(18)19)15(9)20-11/h1-5,7H,6H2,(H,18,19). The van der Waals surface area contributed by atoms with Crippen molar-refractivity contribution in [1.29, 1.82) is 0 Å². The third-order valence-corrected chi connectivity index (χ3v) is 4.63. The van der Waals surface area contributed by atoms with Crippen LogP contribution in [0.2, 0.25) is 0 Å². The lowest BCUT2D eigenvalue weighted by Crippen LogP contribution is -2.05. The Morgan fingerprint density at radius 2 is 2.10 bits per heavy atom. The van der Waals surface area contributed by atoms with Crippen LogP contribution in [-0.4, -0.2) is 11.1 Å². The Bertz CT molecular complexity index is 894. The molecular weight excluding hydrogens is 356 g/mol. The van der Waals surface area contributed by atoms with Crippen molar-refractivity contribution in [3.05, 3.63) is 56.0 Å². The molecule has 0 radical (unpaired) electrons. The van der Waals surface area contributed by atoms with E-state index in [0.29, 0.717) is 22.3 Å². The van der Waals surface area contributed by atoms with Crippen LogP contribution in [0.15, 0.2) is 49.4 Å². The molecule has 21 heavy (non-hydrogen) atoms. The molecule has 1 aromatic carbocycles. The van der Waals surface area contributed by atoms with Gasteiger partial charge >= 0.3 is 5.97 Å². The van der Waals surface area contributed by atoms with E-state index in [1.54, 1.807) is 18.2 Å². The van der Waals surface area contributed by atoms with E-state index in [-0.39, 0.29) is 11.8 Å². The van der Waals surface area contributed by atoms with Gasteiger partial charge in [-0.05, 0) is 34.1 Å². The summed E-state index contributed by atoms with van der Waals surface area (Å²) in [4.78, 5) is 23.9. The molecule has 3 aromatic rings. The Balaban J connectivity index is 2.26. The number of benzene rings is 1. The Hall–Kier alpha value is -1.92. The van der Waals surface area contributed by atoms with Crippen LogP contribution in [0.3, 0.4) is 0 Å². The average Bonchev–Trinajstić information content (AvgIpc) is 2.85. The highest BCUT2D eigenvalue weighted by Crippen LogP contribution is 2.32. The SMILES string of the molecule is O=C(O)Cc1cccc2c(=O)cc(-c3ccc(Br)s3)oc12. The minimum atomic E-state index is -0.963. The van der Waals surface area contributed by atoms with Crippen molar-refractivity contribution in [2.75, 3.05) is 0 Å². The summed E-state index contributed by atoms with van der Waals surface area (Å²) in [5.41, 5.74) is 0.657. The first kappa shape index (κ1) is 14.0. The van der Waals surface area contributed by atoms with Crippen LogP contribution in [0, 0.1) is 0 Å². The quantitative estimate of drug-likeness (QED) is 0.764. The summed E-state index contributed by atoms with van der Waals surface area (Å²) in [6.07, 6.45) is -0.183. The average molecular weight is 365 g/mol. The monoisotopic (exact) mass is 364 g/mol. The highest BCUT2D eigenvalue weighted by molar-refractivity contribution is 9.11. The van der Waals surface area contributed by atoms with Gasteiger partial charge in [0, 0.05) is 11.6 Å². The van der Waals surface area contributed by atoms with E-state index in [2.05, 4.69) is 15.9 Å². The summed E-state index contributed by atoms with van der Waals surface area (Å²) in [5, 5.41) is 9.36. The first-order chi connectivity index (χ1) is 10.0. The number of carboxylic acid groups (broad SMARTS) is 1. The molecule has 2 aromatic heterocycles. The molecular formula is C15H9BrO4S. The normalized spacial score (nSPS) is 10.9. The van der Waals surface area contributed by atoms with Gasteiger partial charge in [0.05, 0.1) is 20.5 Å². The maximum atomic E-state index is 12.2. The minimum absolute atomic E-state index is 0.178. The van der Waals surface area contributed by atoms with Crippen molar-refractivity contribution < 1.29 is 14.3 Å². The minimum Gasteiger partial charge on any atom is -0.481 e. The summed E-state index contributed by atoms with van der Waals surface area (Å²) in [5.74, 6) is -0.518. The molecule has 0 bridgehead atoms. The number of aliphatic carboxylic acids is 1. The van der Waals surface area contributed by atoms with Crippen LogP contribution in [-0.2, 0) is 11.2 Å². The molecule has 0 aliphatic heterocycles. The first-order valence-corrected chi connectivity index (χ1v) is 7.69. The molecule has 0 aliphatic carbocycles. The molecule has 6 heteroatoms. The number of para-hydroxylation sites is 1. The van der Waals surface area contributed by atoms with Gasteiger partial charge in [-0.1, -0.05) is 12.1 Å². The van der Waals surface area contributed by atoms with Gasteiger partial charge in [0.25, 0.3) is 0 Å². The van der Waals surface area contributed by atoms with Crippen LogP contribution >= 0.6 is 27.3 Å². The van der Waals surface area contributed by atoms with E-state index in [1.165, 1.54) is 17.4 Å². The Morgan fingerprint density at radius 1 is 1.29 bits per heavy atom. The number of halogens is 1. The molecule has 0 amide bonds. The smallest absolute Gasteiger partial charge is 0.307 e. The lowest BCUT2D eigenvalue weighted by Gasteiger charge is -2.05. The predicted octanol–water partition coefficient (Wildman–Crippen LogP) is 3.91. The van der Waals surface area contributed by atoms with Gasteiger partial charge in [-0.2, -0.15) is 0 Å². The summed E-state index contributed by atoms with van der Waals surface area (Å²) in [6.45, 7) is 0. The number of carboxylic acids is 1. The molecule has 0 spiro atoms. The van der Waals surface area contributed by atoms with E-state index in [1.807, 2.05) is 12.1 Å². The number of carbonyl (C=O) groups is 1. The predicted molar refractivity (Wildman–Crippen MR) is 84.8 cm³/mol. The summed E-state index contributed by atoms with van der Waals surface area (Å²) in [6, 6.07) is 10.1. The zero-order valence-electron chi connectivity index (χ0n) is 10.6. The van der Waals surface area contributed by atoms with E-state index in [0.717, 1.165) is 8.66 Å². The third-order valence-electron chi connectivity index (χ3n) is 2.99. The number of hydrogen-bond donors (Lipinski definition) is 1. The molecule has 0 fully saturated rings. The van der Waals surface area contributed by atoms with Crippen molar-refractivity contribution >= 4 is 44.2 Å². The molecule has 0 atom stereocenters. The molecule has 1 N–H and O–H groups in total. The molecule has 0 unspecified atom stereocenters. The van der Waals surface area contributed by atoms with Gasteiger partial charge in [0.2, 0.25) is 0 Å². The van der Waals surface area contributed by atoms with Gasteiger partial charge in [-0.25, -0.2) is 0 Å². The van der Waals surface area contributed by atoms with Gasteiger partial charge < -0.3 is 9.52 Å².